The summed E-state index contributed by atoms with van der Waals surface area (Å²) in [6.45, 7) is 0.682. The molecule has 0 aliphatic carbocycles. The molecule has 1 aliphatic heterocycles. The molecule has 3 rings (SSSR count). The first kappa shape index (κ1) is 14.6. The fraction of sp³-hybridized carbons (Fsp3) is 0.250. The molecule has 21 heavy (non-hydrogen) atoms. The van der Waals surface area contributed by atoms with E-state index < -0.39 is 10.8 Å². The minimum Gasteiger partial charge on any atom is -0.493 e. The van der Waals surface area contributed by atoms with Crippen LogP contribution in [-0.4, -0.2) is 16.6 Å². The number of halogens is 1. The van der Waals surface area contributed by atoms with Gasteiger partial charge in [0.05, 0.1) is 22.3 Å². The number of hydrogen-bond donors (Lipinski definition) is 1. The summed E-state index contributed by atoms with van der Waals surface area (Å²) in [5.74, 6) is 1.78. The number of rotatable bonds is 3. The molecule has 0 spiro atoms. The van der Waals surface area contributed by atoms with Crippen LogP contribution in [0.3, 0.4) is 0 Å². The minimum absolute atomic E-state index is 0.264. The van der Waals surface area contributed by atoms with E-state index in [2.05, 4.69) is 22.0 Å². The van der Waals surface area contributed by atoms with Gasteiger partial charge in [-0.05, 0) is 52.2 Å². The van der Waals surface area contributed by atoms with Gasteiger partial charge in [0.2, 0.25) is 0 Å². The predicted octanol–water partition coefficient (Wildman–Crippen LogP) is 3.71. The Bertz CT molecular complexity index is 690. The molecule has 0 amide bonds. The smallest absolute Gasteiger partial charge is 0.122 e. The van der Waals surface area contributed by atoms with Crippen molar-refractivity contribution in [2.75, 3.05) is 18.1 Å². The maximum Gasteiger partial charge on any atom is 0.122 e. The highest BCUT2D eigenvalue weighted by Crippen LogP contribution is 2.35. The average Bonchev–Trinajstić information content (AvgIpc) is 2.47. The quantitative estimate of drug-likeness (QED) is 0.843. The van der Waals surface area contributed by atoms with Crippen molar-refractivity contribution in [1.29, 1.82) is 0 Å². The van der Waals surface area contributed by atoms with Gasteiger partial charge in [0.1, 0.15) is 5.75 Å². The SMILES string of the molecule is Nc1ccc(S(=O)CC2CCOc3ccccc32)c(Br)c1. The zero-order valence-corrected chi connectivity index (χ0v) is 13.8. The molecule has 2 N–H and O–H groups in total. The van der Waals surface area contributed by atoms with Gasteiger partial charge in [-0.1, -0.05) is 18.2 Å². The lowest BCUT2D eigenvalue weighted by Crippen LogP contribution is -2.19. The molecular formula is C16H16BrNO2S. The van der Waals surface area contributed by atoms with Gasteiger partial charge in [0.15, 0.2) is 0 Å². The van der Waals surface area contributed by atoms with E-state index in [0.29, 0.717) is 18.0 Å². The number of nitrogens with two attached hydrogens (primary N) is 1. The van der Waals surface area contributed by atoms with Crippen LogP contribution in [0, 0.1) is 0 Å². The molecule has 0 saturated heterocycles. The molecule has 0 radical (unpaired) electrons. The average molecular weight is 366 g/mol. The molecular weight excluding hydrogens is 350 g/mol. The van der Waals surface area contributed by atoms with E-state index in [-0.39, 0.29) is 5.92 Å². The summed E-state index contributed by atoms with van der Waals surface area (Å²) in [5, 5.41) is 0. The van der Waals surface area contributed by atoms with Gasteiger partial charge in [-0.15, -0.1) is 0 Å². The lowest BCUT2D eigenvalue weighted by Gasteiger charge is -2.25. The predicted molar refractivity (Wildman–Crippen MR) is 89.1 cm³/mol. The van der Waals surface area contributed by atoms with Crippen LogP contribution in [-0.2, 0) is 10.8 Å². The number of fused-ring (bicyclic) bond motifs is 1. The third-order valence-corrected chi connectivity index (χ3v) is 6.11. The van der Waals surface area contributed by atoms with Crippen molar-refractivity contribution in [3.05, 3.63) is 52.5 Å². The van der Waals surface area contributed by atoms with Crippen LogP contribution in [0.2, 0.25) is 0 Å². The molecule has 0 bridgehead atoms. The number of hydrogen-bond acceptors (Lipinski definition) is 3. The molecule has 2 aromatic rings. The number of benzene rings is 2. The summed E-state index contributed by atoms with van der Waals surface area (Å²) in [6, 6.07) is 13.4. The van der Waals surface area contributed by atoms with Gasteiger partial charge in [-0.3, -0.25) is 4.21 Å². The van der Waals surface area contributed by atoms with E-state index in [9.17, 15) is 4.21 Å². The van der Waals surface area contributed by atoms with Crippen molar-refractivity contribution in [3.63, 3.8) is 0 Å². The first-order valence-corrected chi connectivity index (χ1v) is 8.91. The van der Waals surface area contributed by atoms with Crippen LogP contribution in [0.1, 0.15) is 17.9 Å². The van der Waals surface area contributed by atoms with Crippen LogP contribution in [0.5, 0.6) is 5.75 Å². The molecule has 110 valence electrons. The van der Waals surface area contributed by atoms with Crippen molar-refractivity contribution >= 4 is 32.4 Å². The Morgan fingerprint density at radius 3 is 2.90 bits per heavy atom. The Morgan fingerprint density at radius 1 is 1.29 bits per heavy atom. The van der Waals surface area contributed by atoms with Gasteiger partial charge in [-0.2, -0.15) is 0 Å². The molecule has 3 nitrogen and oxygen atoms in total. The van der Waals surface area contributed by atoms with Crippen molar-refractivity contribution in [1.82, 2.24) is 0 Å². The second kappa shape index (κ2) is 6.20. The standard InChI is InChI=1S/C16H16BrNO2S/c17-14-9-12(18)5-6-16(14)21(19)10-11-7-8-20-15-4-2-1-3-13(11)15/h1-6,9,11H,7-8,10,18H2. The van der Waals surface area contributed by atoms with E-state index in [1.165, 1.54) is 0 Å². The van der Waals surface area contributed by atoms with E-state index in [4.69, 9.17) is 10.5 Å². The number of anilines is 1. The monoisotopic (exact) mass is 365 g/mol. The Hall–Kier alpha value is -1.33. The first-order valence-electron chi connectivity index (χ1n) is 6.80. The summed E-state index contributed by atoms with van der Waals surface area (Å²) in [6.07, 6.45) is 0.898. The van der Waals surface area contributed by atoms with E-state index in [0.717, 1.165) is 27.1 Å². The second-order valence-corrected chi connectivity index (χ2v) is 7.39. The topological polar surface area (TPSA) is 52.3 Å². The van der Waals surface area contributed by atoms with E-state index >= 15 is 0 Å². The van der Waals surface area contributed by atoms with Gasteiger partial charge in [-0.25, -0.2) is 0 Å². The van der Waals surface area contributed by atoms with E-state index in [1.54, 1.807) is 12.1 Å². The maximum absolute atomic E-state index is 12.7. The number of nitrogen functional groups attached to an aromatic ring is 1. The van der Waals surface area contributed by atoms with Crippen LogP contribution < -0.4 is 10.5 Å². The number of ether oxygens (including phenoxy) is 1. The van der Waals surface area contributed by atoms with E-state index in [1.807, 2.05) is 24.3 Å². The summed E-state index contributed by atoms with van der Waals surface area (Å²) in [7, 11) is -1.07. The molecule has 2 atom stereocenters. The molecule has 2 unspecified atom stereocenters. The highest BCUT2D eigenvalue weighted by Gasteiger charge is 2.24. The van der Waals surface area contributed by atoms with Crippen LogP contribution >= 0.6 is 15.9 Å². The lowest BCUT2D eigenvalue weighted by molar-refractivity contribution is 0.273. The number of para-hydroxylation sites is 1. The summed E-state index contributed by atoms with van der Waals surface area (Å²) in [4.78, 5) is 0.799. The molecule has 0 saturated carbocycles. The zero-order valence-electron chi connectivity index (χ0n) is 11.4. The molecule has 0 fully saturated rings. The maximum atomic E-state index is 12.7. The zero-order chi connectivity index (χ0) is 14.8. The summed E-state index contributed by atoms with van der Waals surface area (Å²) >= 11 is 3.45. The van der Waals surface area contributed by atoms with Crippen molar-refractivity contribution < 1.29 is 8.95 Å². The van der Waals surface area contributed by atoms with Crippen LogP contribution in [0.4, 0.5) is 5.69 Å². The van der Waals surface area contributed by atoms with Gasteiger partial charge in [0.25, 0.3) is 0 Å². The molecule has 0 aromatic heterocycles. The minimum atomic E-state index is -1.07. The normalized spacial score (nSPS) is 18.6. The molecule has 5 heteroatoms. The summed E-state index contributed by atoms with van der Waals surface area (Å²) < 4.78 is 19.1. The van der Waals surface area contributed by atoms with Gasteiger partial charge < -0.3 is 10.5 Å². The highest BCUT2D eigenvalue weighted by atomic mass is 79.9. The fourth-order valence-electron chi connectivity index (χ4n) is 2.56. The first-order chi connectivity index (χ1) is 10.1. The third kappa shape index (κ3) is 3.14. The molecule has 2 aromatic carbocycles. The highest BCUT2D eigenvalue weighted by molar-refractivity contribution is 9.10. The van der Waals surface area contributed by atoms with Gasteiger partial charge >= 0.3 is 0 Å². The van der Waals surface area contributed by atoms with Crippen molar-refractivity contribution in [3.8, 4) is 5.75 Å². The Labute approximate surface area is 135 Å². The Balaban J connectivity index is 1.83. The largest absolute Gasteiger partial charge is 0.493 e. The second-order valence-electron chi connectivity index (χ2n) is 5.07. The third-order valence-electron chi connectivity index (χ3n) is 3.64. The fourth-order valence-corrected chi connectivity index (χ4v) is 4.89. The Morgan fingerprint density at radius 2 is 2.10 bits per heavy atom. The van der Waals surface area contributed by atoms with Gasteiger partial charge in [0, 0.05) is 21.8 Å². The van der Waals surface area contributed by atoms with Crippen molar-refractivity contribution in [2.24, 2.45) is 0 Å². The molecule has 1 heterocycles. The van der Waals surface area contributed by atoms with Crippen LogP contribution in [0.25, 0.3) is 0 Å². The Kier molecular flexibility index (Phi) is 4.31. The van der Waals surface area contributed by atoms with Crippen LogP contribution in [0.15, 0.2) is 51.8 Å². The molecule has 1 aliphatic rings. The summed E-state index contributed by atoms with van der Waals surface area (Å²) in [5.41, 5.74) is 7.55. The van der Waals surface area contributed by atoms with Crippen molar-refractivity contribution in [2.45, 2.75) is 17.2 Å². The lowest BCUT2D eigenvalue weighted by atomic mass is 9.95.